The van der Waals surface area contributed by atoms with Crippen molar-refractivity contribution in [2.45, 2.75) is 37.4 Å². The van der Waals surface area contributed by atoms with E-state index in [9.17, 15) is 9.90 Å². The van der Waals surface area contributed by atoms with Gasteiger partial charge in [0, 0.05) is 12.5 Å². The summed E-state index contributed by atoms with van der Waals surface area (Å²) in [6.07, 6.45) is 1.05. The van der Waals surface area contributed by atoms with Crippen molar-refractivity contribution < 1.29 is 19.4 Å². The Kier molecular flexibility index (Phi) is 3.90. The highest BCUT2D eigenvalue weighted by Gasteiger charge is 2.72. The average molecular weight is 401 g/mol. The molecule has 144 valence electrons. The van der Waals surface area contributed by atoms with E-state index in [1.165, 1.54) is 6.33 Å². The number of esters is 1. The second-order valence-corrected chi connectivity index (χ2v) is 7.65. The molecule has 5 rings (SSSR count). The van der Waals surface area contributed by atoms with E-state index < -0.39 is 23.8 Å². The maximum Gasteiger partial charge on any atom is 0.338 e. The number of halogens is 1. The molecule has 0 bridgehead atoms. The molecule has 1 aliphatic carbocycles. The van der Waals surface area contributed by atoms with Gasteiger partial charge in [0.15, 0.2) is 16.9 Å². The number of epoxide rings is 1. The fourth-order valence-corrected chi connectivity index (χ4v) is 4.24. The third-order valence-electron chi connectivity index (χ3n) is 5.67. The summed E-state index contributed by atoms with van der Waals surface area (Å²) >= 11 is 6.06. The van der Waals surface area contributed by atoms with Gasteiger partial charge in [-0.25, -0.2) is 19.7 Å². The Morgan fingerprint density at radius 1 is 1.32 bits per heavy atom. The van der Waals surface area contributed by atoms with Gasteiger partial charge in [-0.1, -0.05) is 29.8 Å². The zero-order valence-corrected chi connectivity index (χ0v) is 15.7. The molecule has 0 spiro atoms. The lowest BCUT2D eigenvalue weighted by Gasteiger charge is -2.25. The predicted molar refractivity (Wildman–Crippen MR) is 98.8 cm³/mol. The number of hydrogen-bond donors (Lipinski definition) is 1. The van der Waals surface area contributed by atoms with E-state index in [2.05, 4.69) is 15.0 Å². The molecule has 8 nitrogen and oxygen atoms in total. The lowest BCUT2D eigenvalue weighted by Crippen LogP contribution is -2.38. The van der Waals surface area contributed by atoms with E-state index in [0.29, 0.717) is 23.3 Å². The average Bonchev–Trinajstić information content (AvgIpc) is 3.13. The number of carbonyl (C=O) groups is 1. The number of carbonyl (C=O) groups excluding carboxylic acids is 1. The number of benzene rings is 1. The molecule has 2 fully saturated rings. The van der Waals surface area contributed by atoms with Crippen molar-refractivity contribution >= 4 is 28.7 Å². The van der Waals surface area contributed by atoms with Crippen LogP contribution in [0.1, 0.15) is 17.3 Å². The van der Waals surface area contributed by atoms with Crippen LogP contribution in [0.15, 0.2) is 43.0 Å². The maximum atomic E-state index is 12.4. The van der Waals surface area contributed by atoms with E-state index in [4.69, 9.17) is 21.1 Å². The lowest BCUT2D eigenvalue weighted by atomic mass is 9.95. The Labute approximate surface area is 165 Å². The first-order valence-corrected chi connectivity index (χ1v) is 9.30. The number of imidazole rings is 1. The first kappa shape index (κ1) is 17.5. The van der Waals surface area contributed by atoms with Gasteiger partial charge >= 0.3 is 5.97 Å². The molecule has 5 atom stereocenters. The molecule has 0 radical (unpaired) electrons. The fraction of sp³-hybridized carbons (Fsp3) is 0.368. The van der Waals surface area contributed by atoms with Crippen LogP contribution in [0.4, 0.5) is 0 Å². The summed E-state index contributed by atoms with van der Waals surface area (Å²) in [5, 5.41) is 11.2. The van der Waals surface area contributed by atoms with Gasteiger partial charge in [0.05, 0.1) is 11.9 Å². The Bertz CT molecular complexity index is 1060. The number of fused-ring (bicyclic) bond motifs is 2. The quantitative estimate of drug-likeness (QED) is 0.405. The second-order valence-electron chi connectivity index (χ2n) is 7.29. The topological polar surface area (TPSA) is 103 Å². The molecular weight excluding hydrogens is 384 g/mol. The highest BCUT2D eigenvalue weighted by Crippen LogP contribution is 2.55. The summed E-state index contributed by atoms with van der Waals surface area (Å²) in [6, 6.07) is 8.70. The standard InChI is InChI=1S/C19H17ClN4O4/c1-19-11(7-24-9-23-12-16(20)21-8-22-17(12)24)13(25)14(15(19)28-19)27-18(26)10-5-3-2-4-6-10/h2-6,8-9,11,13-15,25H,7H2,1H3/t11-,13-,14-,15-,19+/m0/s1. The minimum atomic E-state index is -0.869. The van der Waals surface area contributed by atoms with Crippen LogP contribution in [-0.4, -0.2) is 54.5 Å². The lowest BCUT2D eigenvalue weighted by molar-refractivity contribution is -0.0589. The number of nitrogens with zero attached hydrogens (tertiary/aromatic N) is 4. The van der Waals surface area contributed by atoms with Gasteiger partial charge < -0.3 is 19.1 Å². The zero-order valence-electron chi connectivity index (χ0n) is 14.9. The van der Waals surface area contributed by atoms with E-state index in [1.807, 2.05) is 17.6 Å². The molecule has 1 saturated carbocycles. The van der Waals surface area contributed by atoms with Crippen LogP contribution in [0.5, 0.6) is 0 Å². The molecule has 3 heterocycles. The van der Waals surface area contributed by atoms with Crippen molar-refractivity contribution in [2.24, 2.45) is 5.92 Å². The van der Waals surface area contributed by atoms with Gasteiger partial charge in [-0.15, -0.1) is 0 Å². The normalized spacial score (nSPS) is 31.0. The van der Waals surface area contributed by atoms with E-state index >= 15 is 0 Å². The molecule has 1 aromatic carbocycles. The number of ether oxygens (including phenoxy) is 2. The molecule has 1 aliphatic heterocycles. The van der Waals surface area contributed by atoms with Crippen LogP contribution >= 0.6 is 11.6 Å². The van der Waals surface area contributed by atoms with Gasteiger partial charge in [-0.05, 0) is 19.1 Å². The van der Waals surface area contributed by atoms with Crippen molar-refractivity contribution in [1.29, 1.82) is 0 Å². The number of hydrogen-bond acceptors (Lipinski definition) is 7. The van der Waals surface area contributed by atoms with Crippen molar-refractivity contribution in [3.63, 3.8) is 0 Å². The van der Waals surface area contributed by atoms with Gasteiger partial charge in [0.25, 0.3) is 0 Å². The number of aliphatic hydroxyl groups excluding tert-OH is 1. The minimum absolute atomic E-state index is 0.275. The Balaban J connectivity index is 1.38. The predicted octanol–water partition coefficient (Wildman–Crippen LogP) is 1.85. The molecule has 3 aromatic rings. The van der Waals surface area contributed by atoms with Crippen LogP contribution < -0.4 is 0 Å². The van der Waals surface area contributed by atoms with Crippen molar-refractivity contribution in [2.75, 3.05) is 0 Å². The Morgan fingerprint density at radius 2 is 2.11 bits per heavy atom. The second kappa shape index (κ2) is 6.23. The molecule has 2 aromatic heterocycles. The van der Waals surface area contributed by atoms with Gasteiger partial charge in [-0.3, -0.25) is 0 Å². The number of aliphatic hydroxyl groups is 1. The fourth-order valence-electron chi connectivity index (χ4n) is 4.06. The Hall–Kier alpha value is -2.55. The molecular formula is C19H17ClN4O4. The van der Waals surface area contributed by atoms with Crippen LogP contribution in [0.3, 0.4) is 0 Å². The van der Waals surface area contributed by atoms with Gasteiger partial charge in [-0.2, -0.15) is 0 Å². The van der Waals surface area contributed by atoms with Crippen molar-refractivity contribution in [1.82, 2.24) is 19.5 Å². The van der Waals surface area contributed by atoms with Crippen LogP contribution in [0.2, 0.25) is 5.15 Å². The molecule has 2 aliphatic rings. The number of aromatic nitrogens is 4. The van der Waals surface area contributed by atoms with Crippen molar-refractivity contribution in [3.05, 3.63) is 53.7 Å². The van der Waals surface area contributed by atoms with Crippen LogP contribution in [0, 0.1) is 5.92 Å². The van der Waals surface area contributed by atoms with E-state index in [1.54, 1.807) is 30.6 Å². The SMILES string of the molecule is C[C@]12O[C@H]1[C@@H](OC(=O)c1ccccc1)[C@@H](O)[C@@H]2Cn1cnc2c(Cl)ncnc21. The van der Waals surface area contributed by atoms with Gasteiger partial charge in [0.1, 0.15) is 29.7 Å². The molecule has 9 heteroatoms. The summed E-state index contributed by atoms with van der Waals surface area (Å²) in [4.78, 5) is 24.8. The van der Waals surface area contributed by atoms with E-state index in [0.717, 1.165) is 0 Å². The minimum Gasteiger partial charge on any atom is -0.453 e. The first-order chi connectivity index (χ1) is 13.5. The monoisotopic (exact) mass is 400 g/mol. The smallest absolute Gasteiger partial charge is 0.338 e. The summed E-state index contributed by atoms with van der Waals surface area (Å²) in [7, 11) is 0. The Morgan fingerprint density at radius 3 is 2.89 bits per heavy atom. The van der Waals surface area contributed by atoms with E-state index in [-0.39, 0.29) is 17.2 Å². The zero-order chi connectivity index (χ0) is 19.5. The first-order valence-electron chi connectivity index (χ1n) is 8.92. The van der Waals surface area contributed by atoms with Crippen LogP contribution in [-0.2, 0) is 16.0 Å². The molecule has 28 heavy (non-hydrogen) atoms. The highest BCUT2D eigenvalue weighted by molar-refractivity contribution is 6.33. The molecule has 1 N–H and O–H groups in total. The molecule has 0 amide bonds. The summed E-state index contributed by atoms with van der Waals surface area (Å²) in [5.41, 5.74) is 0.946. The molecule has 1 saturated heterocycles. The largest absolute Gasteiger partial charge is 0.453 e. The third-order valence-corrected chi connectivity index (χ3v) is 5.95. The third kappa shape index (κ3) is 2.60. The molecule has 0 unspecified atom stereocenters. The van der Waals surface area contributed by atoms with Gasteiger partial charge in [0.2, 0.25) is 0 Å². The highest BCUT2D eigenvalue weighted by atomic mass is 35.5. The number of rotatable bonds is 4. The summed E-state index contributed by atoms with van der Waals surface area (Å²) in [5.74, 6) is -0.770. The maximum absolute atomic E-state index is 12.4. The summed E-state index contributed by atoms with van der Waals surface area (Å²) in [6.45, 7) is 2.32. The van der Waals surface area contributed by atoms with Crippen molar-refractivity contribution in [3.8, 4) is 0 Å². The van der Waals surface area contributed by atoms with Crippen LogP contribution in [0.25, 0.3) is 11.2 Å². The summed E-state index contributed by atoms with van der Waals surface area (Å²) < 4.78 is 13.2.